The molecule has 0 radical (unpaired) electrons. The number of phenols is 1. The van der Waals surface area contributed by atoms with Crippen molar-refractivity contribution in [3.63, 3.8) is 0 Å². The molecule has 1 saturated carbocycles. The predicted molar refractivity (Wildman–Crippen MR) is 171 cm³/mol. The van der Waals surface area contributed by atoms with Crippen molar-refractivity contribution in [1.29, 1.82) is 0 Å². The molecule has 1 amide bonds. The molecule has 4 aromatic rings. The summed E-state index contributed by atoms with van der Waals surface area (Å²) in [6.45, 7) is 7.00. The first-order valence-corrected chi connectivity index (χ1v) is 15.3. The van der Waals surface area contributed by atoms with Gasteiger partial charge in [-0.25, -0.2) is 19.2 Å². The van der Waals surface area contributed by atoms with Crippen LogP contribution in [0.3, 0.4) is 0 Å². The SMILES string of the molecule is CC(C)(C)N(C(=O)O)C1CCCN(c2ccc(Nc3c(C(=O)C4CC4)cnc4ccc(-c5cc(F)c(O)c(Cl)c5)nc34)cn2)C1. The predicted octanol–water partition coefficient (Wildman–Crippen LogP) is 7.27. The molecule has 0 bridgehead atoms. The average Bonchev–Trinajstić information content (AvgIpc) is 3.85. The minimum atomic E-state index is -0.932. The average molecular weight is 633 g/mol. The molecule has 1 aliphatic heterocycles. The molecule has 1 saturated heterocycles. The summed E-state index contributed by atoms with van der Waals surface area (Å²) in [5.74, 6) is -0.863. The third-order valence-corrected chi connectivity index (χ3v) is 8.56. The van der Waals surface area contributed by atoms with Crippen molar-refractivity contribution in [2.75, 3.05) is 23.3 Å². The van der Waals surface area contributed by atoms with E-state index in [2.05, 4.69) is 15.2 Å². The molecule has 2 aliphatic rings. The maximum absolute atomic E-state index is 14.3. The maximum Gasteiger partial charge on any atom is 0.408 e. The Morgan fingerprint density at radius 2 is 1.87 bits per heavy atom. The van der Waals surface area contributed by atoms with Crippen molar-refractivity contribution in [3.05, 3.63) is 65.2 Å². The number of pyridine rings is 3. The number of benzene rings is 1. The molecule has 234 valence electrons. The first-order chi connectivity index (χ1) is 21.4. The van der Waals surface area contributed by atoms with E-state index in [1.165, 1.54) is 11.0 Å². The number of amides is 1. The number of hydrogen-bond acceptors (Lipinski definition) is 8. The first kappa shape index (κ1) is 30.5. The lowest BCUT2D eigenvalue weighted by molar-refractivity contribution is 0.0647. The van der Waals surface area contributed by atoms with Gasteiger partial charge in [0.25, 0.3) is 0 Å². The summed E-state index contributed by atoms with van der Waals surface area (Å²) in [5, 5.41) is 22.9. The van der Waals surface area contributed by atoms with Gasteiger partial charge < -0.3 is 20.4 Å². The third-order valence-electron chi connectivity index (χ3n) is 8.27. The Kier molecular flexibility index (Phi) is 7.98. The van der Waals surface area contributed by atoms with Gasteiger partial charge in [0.1, 0.15) is 11.3 Å². The first-order valence-electron chi connectivity index (χ1n) is 14.9. The molecule has 1 unspecified atom stereocenters. The molecule has 45 heavy (non-hydrogen) atoms. The van der Waals surface area contributed by atoms with Gasteiger partial charge in [-0.2, -0.15) is 0 Å². The number of halogens is 2. The highest BCUT2D eigenvalue weighted by atomic mass is 35.5. The van der Waals surface area contributed by atoms with Gasteiger partial charge in [0.05, 0.1) is 45.4 Å². The fourth-order valence-electron chi connectivity index (χ4n) is 5.97. The monoisotopic (exact) mass is 632 g/mol. The van der Waals surface area contributed by atoms with E-state index in [0.29, 0.717) is 45.8 Å². The minimum absolute atomic E-state index is 0.0244. The number of fused-ring (bicyclic) bond motifs is 1. The van der Waals surface area contributed by atoms with Crippen LogP contribution in [0.1, 0.15) is 56.8 Å². The number of carboxylic acid groups (broad SMARTS) is 1. The second kappa shape index (κ2) is 11.8. The minimum Gasteiger partial charge on any atom is -0.504 e. The van der Waals surface area contributed by atoms with E-state index in [1.807, 2.05) is 32.9 Å². The van der Waals surface area contributed by atoms with Crippen LogP contribution >= 0.6 is 11.6 Å². The second-order valence-corrected chi connectivity index (χ2v) is 13.0. The number of ketones is 1. The summed E-state index contributed by atoms with van der Waals surface area (Å²) < 4.78 is 14.3. The Balaban J connectivity index is 1.32. The molecule has 1 atom stereocenters. The van der Waals surface area contributed by atoms with E-state index < -0.39 is 23.2 Å². The molecule has 0 spiro atoms. The van der Waals surface area contributed by atoms with Crippen molar-refractivity contribution in [2.45, 2.75) is 58.0 Å². The molecule has 3 aromatic heterocycles. The molecule has 1 aromatic carbocycles. The molecule has 4 heterocycles. The van der Waals surface area contributed by atoms with Crippen molar-refractivity contribution >= 4 is 51.7 Å². The molecular formula is C33H34ClFN6O4. The van der Waals surface area contributed by atoms with Crippen LogP contribution in [0.15, 0.2) is 48.8 Å². The fraction of sp³-hybridized carbons (Fsp3) is 0.364. The number of Topliss-reactive ketones (excluding diaryl/α,β-unsaturated/α-hetero) is 1. The highest BCUT2D eigenvalue weighted by Crippen LogP contribution is 2.38. The quantitative estimate of drug-likeness (QED) is 0.180. The summed E-state index contributed by atoms with van der Waals surface area (Å²) in [6.07, 6.45) is 5.56. The van der Waals surface area contributed by atoms with E-state index >= 15 is 0 Å². The lowest BCUT2D eigenvalue weighted by Crippen LogP contribution is -2.57. The van der Waals surface area contributed by atoms with Crippen LogP contribution in [0.5, 0.6) is 5.75 Å². The van der Waals surface area contributed by atoms with E-state index in [0.717, 1.165) is 44.1 Å². The van der Waals surface area contributed by atoms with E-state index in [9.17, 15) is 24.2 Å². The number of aromatic nitrogens is 3. The van der Waals surface area contributed by atoms with E-state index in [1.54, 1.807) is 24.5 Å². The van der Waals surface area contributed by atoms with Crippen LogP contribution in [0.25, 0.3) is 22.3 Å². The van der Waals surface area contributed by atoms with Gasteiger partial charge in [-0.3, -0.25) is 14.7 Å². The number of piperidine rings is 1. The molecule has 1 aliphatic carbocycles. The third kappa shape index (κ3) is 6.22. The zero-order chi connectivity index (χ0) is 32.0. The summed E-state index contributed by atoms with van der Waals surface area (Å²) in [5.41, 5.74) is 2.68. The number of nitrogens with one attached hydrogen (secondary N) is 1. The van der Waals surface area contributed by atoms with E-state index in [-0.39, 0.29) is 22.8 Å². The van der Waals surface area contributed by atoms with Crippen LogP contribution in [0, 0.1) is 11.7 Å². The number of rotatable bonds is 7. The number of carbonyl (C=O) groups excluding carboxylic acids is 1. The Morgan fingerprint density at radius 1 is 1.09 bits per heavy atom. The lowest BCUT2D eigenvalue weighted by Gasteiger charge is -2.44. The van der Waals surface area contributed by atoms with Gasteiger partial charge in [-0.05, 0) is 82.9 Å². The molecule has 2 fully saturated rings. The maximum atomic E-state index is 14.3. The molecular weight excluding hydrogens is 599 g/mol. The largest absolute Gasteiger partial charge is 0.504 e. The summed E-state index contributed by atoms with van der Waals surface area (Å²) in [4.78, 5) is 43.0. The number of anilines is 3. The molecule has 3 N–H and O–H groups in total. The van der Waals surface area contributed by atoms with Crippen LogP contribution in [0.2, 0.25) is 5.02 Å². The smallest absolute Gasteiger partial charge is 0.408 e. The van der Waals surface area contributed by atoms with Crippen molar-refractivity contribution < 1.29 is 24.2 Å². The fourth-order valence-corrected chi connectivity index (χ4v) is 6.18. The van der Waals surface area contributed by atoms with Crippen LogP contribution < -0.4 is 10.2 Å². The highest BCUT2D eigenvalue weighted by molar-refractivity contribution is 6.32. The number of hydrogen-bond donors (Lipinski definition) is 3. The normalized spacial score (nSPS) is 16.9. The summed E-state index contributed by atoms with van der Waals surface area (Å²) >= 11 is 6.03. The topological polar surface area (TPSA) is 132 Å². The van der Waals surface area contributed by atoms with Crippen molar-refractivity contribution in [2.24, 2.45) is 5.92 Å². The summed E-state index contributed by atoms with van der Waals surface area (Å²) in [6, 6.07) is 9.57. The van der Waals surface area contributed by atoms with Gasteiger partial charge >= 0.3 is 6.09 Å². The Labute approximate surface area is 264 Å². The number of nitrogens with zero attached hydrogens (tertiary/aromatic N) is 5. The van der Waals surface area contributed by atoms with Gasteiger partial charge in [0.15, 0.2) is 17.3 Å². The van der Waals surface area contributed by atoms with E-state index in [4.69, 9.17) is 21.6 Å². The Hall–Kier alpha value is -4.51. The lowest BCUT2D eigenvalue weighted by atomic mass is 9.97. The van der Waals surface area contributed by atoms with Crippen molar-refractivity contribution in [3.8, 4) is 17.0 Å². The standard InChI is InChI=1S/C33H34ClFN6O4/c1-33(2,3)41(32(44)45)21-5-4-12-40(17-21)27-11-8-20(15-37-27)38-28-22(30(42)18-6-7-18)16-36-26-10-9-25(39-29(26)28)19-13-23(34)31(43)24(35)14-19/h8-11,13-16,18,21,43H,4-7,12,17H2,1-3H3,(H,36,38)(H,44,45). The number of aromatic hydroxyl groups is 1. The zero-order valence-corrected chi connectivity index (χ0v) is 26.0. The zero-order valence-electron chi connectivity index (χ0n) is 25.2. The van der Waals surface area contributed by atoms with Crippen LogP contribution in [-0.2, 0) is 0 Å². The van der Waals surface area contributed by atoms with Crippen molar-refractivity contribution in [1.82, 2.24) is 19.9 Å². The molecule has 6 rings (SSSR count). The second-order valence-electron chi connectivity index (χ2n) is 12.6. The Morgan fingerprint density at radius 3 is 2.51 bits per heavy atom. The van der Waals surface area contributed by atoms with Gasteiger partial charge in [-0.1, -0.05) is 11.6 Å². The molecule has 12 heteroatoms. The molecule has 10 nitrogen and oxygen atoms in total. The number of carbonyl (C=O) groups is 2. The Bertz CT molecular complexity index is 1770. The van der Waals surface area contributed by atoms with Gasteiger partial charge in [0, 0.05) is 36.3 Å². The van der Waals surface area contributed by atoms with Crippen LogP contribution in [-0.4, -0.2) is 66.6 Å². The number of phenolic OH excluding ortho intramolecular Hbond substituents is 1. The summed E-state index contributed by atoms with van der Waals surface area (Å²) in [7, 11) is 0. The van der Waals surface area contributed by atoms with Crippen LogP contribution in [0.4, 0.5) is 26.4 Å². The highest BCUT2D eigenvalue weighted by Gasteiger charge is 2.36. The van der Waals surface area contributed by atoms with Gasteiger partial charge in [-0.15, -0.1) is 0 Å². The van der Waals surface area contributed by atoms with Gasteiger partial charge in [0.2, 0.25) is 0 Å².